The van der Waals surface area contributed by atoms with Crippen LogP contribution in [0.3, 0.4) is 0 Å². The summed E-state index contributed by atoms with van der Waals surface area (Å²) in [5.74, 6) is 0.911. The van der Waals surface area contributed by atoms with E-state index in [4.69, 9.17) is 4.42 Å². The Hall–Kier alpha value is -1.54. The van der Waals surface area contributed by atoms with Crippen molar-refractivity contribution >= 4 is 26.9 Å². The lowest BCUT2D eigenvalue weighted by Crippen LogP contribution is -1.80. The van der Waals surface area contributed by atoms with E-state index in [0.29, 0.717) is 0 Å². The Labute approximate surface area is 115 Å². The molecule has 90 valence electrons. The zero-order chi connectivity index (χ0) is 12.7. The summed E-state index contributed by atoms with van der Waals surface area (Å²) >= 11 is 3.66. The van der Waals surface area contributed by atoms with Crippen molar-refractivity contribution in [3.63, 3.8) is 0 Å². The molecule has 0 fully saturated rings. The van der Waals surface area contributed by atoms with Crippen LogP contribution in [0.4, 0.5) is 0 Å². The molecule has 0 aliphatic heterocycles. The smallest absolute Gasteiger partial charge is 0.149 e. The lowest BCUT2D eigenvalue weighted by Gasteiger charge is -2.01. The van der Waals surface area contributed by atoms with Gasteiger partial charge < -0.3 is 4.42 Å². The highest BCUT2D eigenvalue weighted by molar-refractivity contribution is 9.10. The summed E-state index contributed by atoms with van der Waals surface area (Å²) in [6.45, 7) is 4.19. The van der Waals surface area contributed by atoms with Crippen molar-refractivity contribution in [2.45, 2.75) is 13.8 Å². The first kappa shape index (κ1) is 11.5. The molecule has 0 saturated carbocycles. The molecule has 1 aromatic heterocycles. The molecule has 1 heterocycles. The molecular weight excluding hydrogens is 288 g/mol. The minimum atomic E-state index is 0.911. The van der Waals surface area contributed by atoms with Crippen molar-refractivity contribution in [3.05, 3.63) is 58.1 Å². The second-order valence-corrected chi connectivity index (χ2v) is 5.35. The number of halogens is 1. The van der Waals surface area contributed by atoms with Gasteiger partial charge in [0.25, 0.3) is 0 Å². The van der Waals surface area contributed by atoms with Crippen LogP contribution in [0.5, 0.6) is 0 Å². The van der Waals surface area contributed by atoms with Gasteiger partial charge in [0, 0.05) is 10.9 Å². The van der Waals surface area contributed by atoms with E-state index in [0.717, 1.165) is 26.8 Å². The number of aryl methyl sites for hydroxylation is 2. The van der Waals surface area contributed by atoms with E-state index in [1.807, 2.05) is 18.2 Å². The van der Waals surface area contributed by atoms with E-state index in [1.165, 1.54) is 11.1 Å². The number of furan rings is 1. The number of fused-ring (bicyclic) bond motifs is 1. The molecule has 18 heavy (non-hydrogen) atoms. The van der Waals surface area contributed by atoms with Gasteiger partial charge in [-0.05, 0) is 47.5 Å². The van der Waals surface area contributed by atoms with Crippen LogP contribution in [0.25, 0.3) is 22.3 Å². The van der Waals surface area contributed by atoms with Crippen molar-refractivity contribution < 1.29 is 4.42 Å². The number of benzene rings is 2. The van der Waals surface area contributed by atoms with Gasteiger partial charge >= 0.3 is 0 Å². The Balaban J connectivity index is 2.31. The molecule has 2 aromatic carbocycles. The van der Waals surface area contributed by atoms with Crippen LogP contribution in [-0.4, -0.2) is 0 Å². The molecule has 0 radical (unpaired) electrons. The molecular formula is C16H13BrO. The summed E-state index contributed by atoms with van der Waals surface area (Å²) in [6, 6.07) is 14.5. The fourth-order valence-corrected chi connectivity index (χ4v) is 2.79. The van der Waals surface area contributed by atoms with Crippen molar-refractivity contribution in [3.8, 4) is 11.3 Å². The number of hydrogen-bond donors (Lipinski definition) is 0. The molecule has 2 heteroatoms. The van der Waals surface area contributed by atoms with E-state index in [-0.39, 0.29) is 0 Å². The summed E-state index contributed by atoms with van der Waals surface area (Å²) in [4.78, 5) is 0. The van der Waals surface area contributed by atoms with Gasteiger partial charge in [0.1, 0.15) is 11.3 Å². The summed E-state index contributed by atoms with van der Waals surface area (Å²) in [5.41, 5.74) is 4.51. The average Bonchev–Trinajstić information content (AvgIpc) is 2.68. The Kier molecular flexibility index (Phi) is 2.75. The van der Waals surface area contributed by atoms with Crippen LogP contribution in [0.15, 0.2) is 51.4 Å². The Morgan fingerprint density at radius 2 is 1.78 bits per heavy atom. The largest absolute Gasteiger partial charge is 0.455 e. The van der Waals surface area contributed by atoms with Crippen LogP contribution in [-0.2, 0) is 0 Å². The van der Waals surface area contributed by atoms with E-state index < -0.39 is 0 Å². The van der Waals surface area contributed by atoms with E-state index in [9.17, 15) is 0 Å². The minimum Gasteiger partial charge on any atom is -0.455 e. The molecule has 0 aliphatic rings. The highest BCUT2D eigenvalue weighted by Gasteiger charge is 2.14. The molecule has 3 aromatic rings. The van der Waals surface area contributed by atoms with Gasteiger partial charge in [0.05, 0.1) is 4.47 Å². The van der Waals surface area contributed by atoms with Crippen LogP contribution in [0.1, 0.15) is 11.1 Å². The third-order valence-corrected chi connectivity index (χ3v) is 3.96. The lowest BCUT2D eigenvalue weighted by molar-refractivity contribution is 0.629. The summed E-state index contributed by atoms with van der Waals surface area (Å²) in [6.07, 6.45) is 0. The first-order chi connectivity index (χ1) is 8.66. The first-order valence-electron chi connectivity index (χ1n) is 5.91. The van der Waals surface area contributed by atoms with Crippen molar-refractivity contribution in [2.24, 2.45) is 0 Å². The SMILES string of the molecule is Cc1ccc2oc(-c3ccccc3C)c(Br)c2c1. The summed E-state index contributed by atoms with van der Waals surface area (Å²) < 4.78 is 7.01. The van der Waals surface area contributed by atoms with Crippen LogP contribution in [0.2, 0.25) is 0 Å². The Morgan fingerprint density at radius 1 is 1.00 bits per heavy atom. The van der Waals surface area contributed by atoms with Crippen LogP contribution >= 0.6 is 15.9 Å². The fraction of sp³-hybridized carbons (Fsp3) is 0.125. The predicted molar refractivity (Wildman–Crippen MR) is 78.8 cm³/mol. The predicted octanol–water partition coefficient (Wildman–Crippen LogP) is 5.48. The first-order valence-corrected chi connectivity index (χ1v) is 6.71. The normalized spacial score (nSPS) is 11.1. The zero-order valence-electron chi connectivity index (χ0n) is 10.3. The van der Waals surface area contributed by atoms with Crippen LogP contribution < -0.4 is 0 Å². The molecule has 0 atom stereocenters. The van der Waals surface area contributed by atoms with Gasteiger partial charge in [-0.1, -0.05) is 35.9 Å². The maximum Gasteiger partial charge on any atom is 0.149 e. The van der Waals surface area contributed by atoms with Crippen molar-refractivity contribution in [1.29, 1.82) is 0 Å². The average molecular weight is 301 g/mol. The van der Waals surface area contributed by atoms with E-state index >= 15 is 0 Å². The molecule has 1 nitrogen and oxygen atoms in total. The topological polar surface area (TPSA) is 13.1 Å². The molecule has 3 rings (SSSR count). The highest BCUT2D eigenvalue weighted by atomic mass is 79.9. The van der Waals surface area contributed by atoms with Gasteiger partial charge in [-0.3, -0.25) is 0 Å². The second kappa shape index (κ2) is 4.29. The summed E-state index contributed by atoms with van der Waals surface area (Å²) in [7, 11) is 0. The zero-order valence-corrected chi connectivity index (χ0v) is 11.9. The number of hydrogen-bond acceptors (Lipinski definition) is 1. The lowest BCUT2D eigenvalue weighted by atomic mass is 10.1. The minimum absolute atomic E-state index is 0.911. The molecule has 0 saturated heterocycles. The molecule has 0 aliphatic carbocycles. The van der Waals surface area contributed by atoms with Crippen LogP contribution in [0, 0.1) is 13.8 Å². The maximum absolute atomic E-state index is 5.97. The molecule has 0 amide bonds. The standard InChI is InChI=1S/C16H13BrO/c1-10-7-8-14-13(9-10)15(17)16(18-14)12-6-4-3-5-11(12)2/h3-9H,1-2H3. The molecule has 0 N–H and O–H groups in total. The Morgan fingerprint density at radius 3 is 2.56 bits per heavy atom. The van der Waals surface area contributed by atoms with Gasteiger partial charge in [-0.25, -0.2) is 0 Å². The van der Waals surface area contributed by atoms with Gasteiger partial charge in [0.15, 0.2) is 0 Å². The Bertz CT molecular complexity index is 725. The third-order valence-electron chi connectivity index (χ3n) is 3.17. The fourth-order valence-electron chi connectivity index (χ4n) is 2.18. The number of rotatable bonds is 1. The van der Waals surface area contributed by atoms with Crippen molar-refractivity contribution in [1.82, 2.24) is 0 Å². The molecule has 0 bridgehead atoms. The highest BCUT2D eigenvalue weighted by Crippen LogP contribution is 2.39. The second-order valence-electron chi connectivity index (χ2n) is 4.56. The maximum atomic E-state index is 5.97. The third kappa shape index (κ3) is 1.77. The summed E-state index contributed by atoms with van der Waals surface area (Å²) in [5, 5.41) is 1.13. The molecule has 0 spiro atoms. The quantitative estimate of drug-likeness (QED) is 0.580. The molecule has 0 unspecified atom stereocenters. The van der Waals surface area contributed by atoms with E-state index in [1.54, 1.807) is 0 Å². The monoisotopic (exact) mass is 300 g/mol. The van der Waals surface area contributed by atoms with E-state index in [2.05, 4.69) is 54.0 Å². The van der Waals surface area contributed by atoms with Gasteiger partial charge in [-0.2, -0.15) is 0 Å². The van der Waals surface area contributed by atoms with Crippen molar-refractivity contribution in [2.75, 3.05) is 0 Å². The van der Waals surface area contributed by atoms with Gasteiger partial charge in [-0.15, -0.1) is 0 Å². The van der Waals surface area contributed by atoms with Gasteiger partial charge in [0.2, 0.25) is 0 Å².